The summed E-state index contributed by atoms with van der Waals surface area (Å²) in [5.74, 6) is 0.230. The van der Waals surface area contributed by atoms with Crippen LogP contribution in [0.5, 0.6) is 0 Å². The lowest BCUT2D eigenvalue weighted by molar-refractivity contribution is -0.126. The Balaban J connectivity index is 0.00000120. The number of amides is 1. The molecule has 0 aliphatic carbocycles. The first-order valence-electron chi connectivity index (χ1n) is 6.06. The zero-order chi connectivity index (χ0) is 11.8. The average molecular weight is 268 g/mol. The molecule has 1 aromatic carbocycles. The van der Waals surface area contributed by atoms with E-state index >= 15 is 0 Å². The van der Waals surface area contributed by atoms with Gasteiger partial charge in [-0.15, -0.1) is 12.4 Å². The first-order valence-corrected chi connectivity index (χ1v) is 6.06. The van der Waals surface area contributed by atoms with Crippen LogP contribution in [0.15, 0.2) is 18.2 Å². The number of likely N-dealkylation sites (tertiary alicyclic amines) is 1. The topological polar surface area (TPSA) is 44.4 Å². The smallest absolute Gasteiger partial charge is 0.224 e. The molecule has 0 spiro atoms. The number of likely N-dealkylation sites (N-methyl/N-ethyl adjacent to an activating group) is 1. The number of anilines is 1. The molecular weight excluding hydrogens is 250 g/mol. The predicted molar refractivity (Wildman–Crippen MR) is 73.9 cm³/mol. The number of benzene rings is 1. The van der Waals surface area contributed by atoms with Gasteiger partial charge in [0.2, 0.25) is 5.91 Å². The molecule has 18 heavy (non-hydrogen) atoms. The Kier molecular flexibility index (Phi) is 3.78. The standard InChI is InChI=1S/C13H17N3O.ClH/c1-16-8-10(5-13(16)17)15-12-4-2-3-9-6-14-7-11(9)12;/h2-4,10,14-15H,5-8H2,1H3;1H/t10-;/m0./s1. The van der Waals surface area contributed by atoms with Crippen LogP contribution in [-0.2, 0) is 17.9 Å². The molecule has 4 nitrogen and oxygen atoms in total. The number of hydrogen-bond donors (Lipinski definition) is 2. The Bertz CT molecular complexity index is 464. The number of hydrogen-bond acceptors (Lipinski definition) is 3. The minimum Gasteiger partial charge on any atom is -0.380 e. The van der Waals surface area contributed by atoms with Crippen molar-refractivity contribution < 1.29 is 4.79 Å². The van der Waals surface area contributed by atoms with Crippen LogP contribution in [0.1, 0.15) is 17.5 Å². The summed E-state index contributed by atoms with van der Waals surface area (Å²) >= 11 is 0. The van der Waals surface area contributed by atoms with Crippen molar-refractivity contribution >= 4 is 24.0 Å². The van der Waals surface area contributed by atoms with Crippen LogP contribution in [0.3, 0.4) is 0 Å². The highest BCUT2D eigenvalue weighted by molar-refractivity contribution is 5.85. The lowest BCUT2D eigenvalue weighted by atomic mass is 10.1. The van der Waals surface area contributed by atoms with Gasteiger partial charge in [-0.25, -0.2) is 0 Å². The van der Waals surface area contributed by atoms with Gasteiger partial charge in [0.15, 0.2) is 0 Å². The zero-order valence-electron chi connectivity index (χ0n) is 10.4. The van der Waals surface area contributed by atoms with Crippen LogP contribution in [0.25, 0.3) is 0 Å². The minimum absolute atomic E-state index is 0. The van der Waals surface area contributed by atoms with E-state index in [4.69, 9.17) is 0 Å². The second-order valence-electron chi connectivity index (χ2n) is 4.87. The molecule has 1 fully saturated rings. The third-order valence-corrected chi connectivity index (χ3v) is 3.59. The molecule has 98 valence electrons. The summed E-state index contributed by atoms with van der Waals surface area (Å²) in [6.45, 7) is 2.68. The molecule has 5 heteroatoms. The summed E-state index contributed by atoms with van der Waals surface area (Å²) in [5, 5.41) is 6.85. The molecular formula is C13H18ClN3O. The van der Waals surface area contributed by atoms with Gasteiger partial charge in [0.1, 0.15) is 0 Å². The molecule has 2 aliphatic heterocycles. The van der Waals surface area contributed by atoms with Crippen molar-refractivity contribution in [1.82, 2.24) is 10.2 Å². The number of fused-ring (bicyclic) bond motifs is 1. The van der Waals surface area contributed by atoms with E-state index in [1.54, 1.807) is 4.90 Å². The SMILES string of the molecule is CN1C[C@@H](Nc2cccc3c2CNC3)CC1=O.Cl. The quantitative estimate of drug-likeness (QED) is 0.850. The van der Waals surface area contributed by atoms with E-state index in [9.17, 15) is 4.79 Å². The van der Waals surface area contributed by atoms with Crippen molar-refractivity contribution in [3.63, 3.8) is 0 Å². The predicted octanol–water partition coefficient (Wildman–Crippen LogP) is 1.35. The molecule has 2 heterocycles. The van der Waals surface area contributed by atoms with Gasteiger partial charge < -0.3 is 15.5 Å². The number of halogens is 1. The summed E-state index contributed by atoms with van der Waals surface area (Å²) in [5.41, 5.74) is 3.91. The van der Waals surface area contributed by atoms with E-state index in [0.29, 0.717) is 6.42 Å². The molecule has 3 rings (SSSR count). The Morgan fingerprint density at radius 1 is 1.39 bits per heavy atom. The van der Waals surface area contributed by atoms with Gasteiger partial charge in [-0.1, -0.05) is 12.1 Å². The van der Waals surface area contributed by atoms with Crippen molar-refractivity contribution in [1.29, 1.82) is 0 Å². The van der Waals surface area contributed by atoms with Crippen LogP contribution in [-0.4, -0.2) is 30.4 Å². The van der Waals surface area contributed by atoms with Gasteiger partial charge in [-0.2, -0.15) is 0 Å². The summed E-state index contributed by atoms with van der Waals surface area (Å²) in [6, 6.07) is 6.59. The molecule has 0 unspecified atom stereocenters. The summed E-state index contributed by atoms with van der Waals surface area (Å²) in [4.78, 5) is 13.3. The number of rotatable bonds is 2. The number of nitrogens with zero attached hydrogens (tertiary/aromatic N) is 1. The van der Waals surface area contributed by atoms with E-state index in [1.807, 2.05) is 7.05 Å². The largest absolute Gasteiger partial charge is 0.380 e. The number of carbonyl (C=O) groups is 1. The first kappa shape index (κ1) is 13.2. The monoisotopic (exact) mass is 267 g/mol. The Hall–Kier alpha value is -1.26. The van der Waals surface area contributed by atoms with Gasteiger partial charge in [0.25, 0.3) is 0 Å². The molecule has 2 N–H and O–H groups in total. The number of carbonyl (C=O) groups excluding carboxylic acids is 1. The minimum atomic E-state index is 0. The normalized spacial score (nSPS) is 21.7. The van der Waals surface area contributed by atoms with E-state index < -0.39 is 0 Å². The van der Waals surface area contributed by atoms with Gasteiger partial charge in [-0.05, 0) is 17.2 Å². The maximum Gasteiger partial charge on any atom is 0.224 e. The maximum absolute atomic E-state index is 11.5. The Morgan fingerprint density at radius 2 is 2.22 bits per heavy atom. The highest BCUT2D eigenvalue weighted by Crippen LogP contribution is 2.26. The van der Waals surface area contributed by atoms with Gasteiger partial charge >= 0.3 is 0 Å². The van der Waals surface area contributed by atoms with Gasteiger partial charge in [0, 0.05) is 38.8 Å². The van der Waals surface area contributed by atoms with Crippen molar-refractivity contribution in [2.24, 2.45) is 0 Å². The molecule has 1 atom stereocenters. The molecule has 1 amide bonds. The molecule has 2 aliphatic rings. The van der Waals surface area contributed by atoms with Crippen LogP contribution < -0.4 is 10.6 Å². The van der Waals surface area contributed by atoms with Crippen molar-refractivity contribution in [2.75, 3.05) is 18.9 Å². The Morgan fingerprint density at radius 3 is 2.94 bits per heavy atom. The van der Waals surface area contributed by atoms with E-state index in [1.165, 1.54) is 16.8 Å². The van der Waals surface area contributed by atoms with Gasteiger partial charge in [-0.3, -0.25) is 4.79 Å². The molecule has 0 bridgehead atoms. The van der Waals surface area contributed by atoms with E-state index in [-0.39, 0.29) is 24.4 Å². The summed E-state index contributed by atoms with van der Waals surface area (Å²) < 4.78 is 0. The third kappa shape index (κ3) is 2.31. The lowest BCUT2D eigenvalue weighted by Crippen LogP contribution is -2.24. The van der Waals surface area contributed by atoms with Crippen LogP contribution in [0, 0.1) is 0 Å². The van der Waals surface area contributed by atoms with Crippen molar-refractivity contribution in [3.8, 4) is 0 Å². The van der Waals surface area contributed by atoms with Crippen LogP contribution in [0.2, 0.25) is 0 Å². The molecule has 0 radical (unpaired) electrons. The number of nitrogens with one attached hydrogen (secondary N) is 2. The maximum atomic E-state index is 11.5. The summed E-state index contributed by atoms with van der Waals surface area (Å²) in [7, 11) is 1.86. The molecule has 1 saturated heterocycles. The molecule has 0 saturated carbocycles. The fourth-order valence-corrected chi connectivity index (χ4v) is 2.65. The fraction of sp³-hybridized carbons (Fsp3) is 0.462. The molecule has 1 aromatic rings. The highest BCUT2D eigenvalue weighted by atomic mass is 35.5. The second kappa shape index (κ2) is 5.16. The Labute approximate surface area is 113 Å². The third-order valence-electron chi connectivity index (χ3n) is 3.59. The zero-order valence-corrected chi connectivity index (χ0v) is 11.2. The average Bonchev–Trinajstić information content (AvgIpc) is 2.87. The van der Waals surface area contributed by atoms with Crippen molar-refractivity contribution in [2.45, 2.75) is 25.6 Å². The summed E-state index contributed by atoms with van der Waals surface area (Å²) in [6.07, 6.45) is 0.605. The molecule has 0 aromatic heterocycles. The van der Waals surface area contributed by atoms with E-state index in [0.717, 1.165) is 19.6 Å². The van der Waals surface area contributed by atoms with Crippen LogP contribution >= 0.6 is 12.4 Å². The van der Waals surface area contributed by atoms with Crippen LogP contribution in [0.4, 0.5) is 5.69 Å². The van der Waals surface area contributed by atoms with E-state index in [2.05, 4.69) is 28.8 Å². The fourth-order valence-electron chi connectivity index (χ4n) is 2.65. The van der Waals surface area contributed by atoms with Gasteiger partial charge in [0.05, 0.1) is 6.04 Å². The second-order valence-corrected chi connectivity index (χ2v) is 4.87. The highest BCUT2D eigenvalue weighted by Gasteiger charge is 2.27. The lowest BCUT2D eigenvalue weighted by Gasteiger charge is -2.16. The van der Waals surface area contributed by atoms with Crippen molar-refractivity contribution in [3.05, 3.63) is 29.3 Å². The first-order chi connectivity index (χ1) is 8.24.